The molecule has 1 aromatic rings. The van der Waals surface area contributed by atoms with Crippen molar-refractivity contribution < 1.29 is 14.3 Å². The van der Waals surface area contributed by atoms with Crippen LogP contribution < -0.4 is 20.1 Å². The lowest BCUT2D eigenvalue weighted by molar-refractivity contribution is -0.122. The van der Waals surface area contributed by atoms with Gasteiger partial charge in [0.1, 0.15) is 11.5 Å². The third-order valence-electron chi connectivity index (χ3n) is 3.32. The molecule has 0 saturated carbocycles. The van der Waals surface area contributed by atoms with Crippen LogP contribution in [0.3, 0.4) is 0 Å². The van der Waals surface area contributed by atoms with Crippen LogP contribution in [0.15, 0.2) is 18.2 Å². The molecule has 1 aliphatic heterocycles. The van der Waals surface area contributed by atoms with Crippen molar-refractivity contribution in [3.05, 3.63) is 23.8 Å². The van der Waals surface area contributed by atoms with E-state index >= 15 is 0 Å². The molecule has 0 bridgehead atoms. The maximum atomic E-state index is 11.9. The minimum absolute atomic E-state index is 0.0439. The lowest BCUT2D eigenvalue weighted by Gasteiger charge is -2.14. The molecule has 1 aromatic carbocycles. The van der Waals surface area contributed by atoms with Crippen LogP contribution in [0.2, 0.25) is 0 Å². The smallest absolute Gasteiger partial charge is 0.237 e. The summed E-state index contributed by atoms with van der Waals surface area (Å²) in [6.07, 6.45) is 1.96. The second kappa shape index (κ2) is 6.43. The molecule has 1 amide bonds. The highest BCUT2D eigenvalue weighted by atomic mass is 16.5. The second-order valence-electron chi connectivity index (χ2n) is 4.54. The van der Waals surface area contributed by atoms with Gasteiger partial charge in [0.15, 0.2) is 0 Å². The predicted octanol–water partition coefficient (Wildman–Crippen LogP) is 1.07. The van der Waals surface area contributed by atoms with Crippen molar-refractivity contribution in [1.29, 1.82) is 0 Å². The number of amides is 1. The standard InChI is InChI=1S/C14H20N2O3/c1-18-11-5-6-13(19-2)10(8-11)9-16-14(17)12-4-3-7-15-12/h5-6,8,12,15H,3-4,7,9H2,1-2H3,(H,16,17). The first kappa shape index (κ1) is 13.7. The summed E-state index contributed by atoms with van der Waals surface area (Å²) < 4.78 is 10.5. The van der Waals surface area contributed by atoms with Crippen molar-refractivity contribution in [1.82, 2.24) is 10.6 Å². The van der Waals surface area contributed by atoms with E-state index in [0.29, 0.717) is 6.54 Å². The quantitative estimate of drug-likeness (QED) is 0.835. The van der Waals surface area contributed by atoms with E-state index in [1.54, 1.807) is 14.2 Å². The highest BCUT2D eigenvalue weighted by Gasteiger charge is 2.21. The van der Waals surface area contributed by atoms with Crippen molar-refractivity contribution >= 4 is 5.91 Å². The van der Waals surface area contributed by atoms with Gasteiger partial charge in [0.05, 0.1) is 20.3 Å². The summed E-state index contributed by atoms with van der Waals surface area (Å²) in [5.41, 5.74) is 0.910. The van der Waals surface area contributed by atoms with Crippen molar-refractivity contribution in [2.75, 3.05) is 20.8 Å². The summed E-state index contributed by atoms with van der Waals surface area (Å²) in [7, 11) is 3.23. The van der Waals surface area contributed by atoms with Crippen LogP contribution in [0.4, 0.5) is 0 Å². The molecule has 19 heavy (non-hydrogen) atoms. The molecule has 104 valence electrons. The maximum absolute atomic E-state index is 11.9. The Hall–Kier alpha value is -1.75. The van der Waals surface area contributed by atoms with Gasteiger partial charge in [0, 0.05) is 12.1 Å². The fourth-order valence-corrected chi connectivity index (χ4v) is 2.23. The second-order valence-corrected chi connectivity index (χ2v) is 4.54. The van der Waals surface area contributed by atoms with E-state index < -0.39 is 0 Å². The molecule has 5 nitrogen and oxygen atoms in total. The van der Waals surface area contributed by atoms with Crippen LogP contribution in [-0.2, 0) is 11.3 Å². The van der Waals surface area contributed by atoms with Crippen LogP contribution in [0, 0.1) is 0 Å². The molecular weight excluding hydrogens is 244 g/mol. The van der Waals surface area contributed by atoms with Gasteiger partial charge >= 0.3 is 0 Å². The van der Waals surface area contributed by atoms with Gasteiger partial charge < -0.3 is 20.1 Å². The first-order valence-electron chi connectivity index (χ1n) is 6.46. The van der Waals surface area contributed by atoms with E-state index in [0.717, 1.165) is 36.4 Å². The summed E-state index contributed by atoms with van der Waals surface area (Å²) >= 11 is 0. The SMILES string of the molecule is COc1ccc(OC)c(CNC(=O)C2CCCN2)c1. The average Bonchev–Trinajstić information content (AvgIpc) is 2.98. The van der Waals surface area contributed by atoms with E-state index in [4.69, 9.17) is 9.47 Å². The third kappa shape index (κ3) is 3.38. The summed E-state index contributed by atoms with van der Waals surface area (Å²) in [6.45, 7) is 1.36. The molecule has 1 atom stereocenters. The van der Waals surface area contributed by atoms with Gasteiger partial charge in [-0.05, 0) is 37.6 Å². The molecule has 2 rings (SSSR count). The molecule has 2 N–H and O–H groups in total. The Balaban J connectivity index is 1.99. The van der Waals surface area contributed by atoms with Crippen LogP contribution in [-0.4, -0.2) is 32.7 Å². The predicted molar refractivity (Wildman–Crippen MR) is 72.4 cm³/mol. The van der Waals surface area contributed by atoms with Crippen molar-refractivity contribution in [3.8, 4) is 11.5 Å². The van der Waals surface area contributed by atoms with Gasteiger partial charge in [-0.2, -0.15) is 0 Å². The zero-order valence-electron chi connectivity index (χ0n) is 11.4. The lowest BCUT2D eigenvalue weighted by atomic mass is 10.1. The zero-order valence-corrected chi connectivity index (χ0v) is 11.4. The number of carbonyl (C=O) groups excluding carboxylic acids is 1. The molecule has 0 aromatic heterocycles. The fraction of sp³-hybridized carbons (Fsp3) is 0.500. The van der Waals surface area contributed by atoms with Crippen LogP contribution in [0.25, 0.3) is 0 Å². The largest absolute Gasteiger partial charge is 0.497 e. The number of hydrogen-bond acceptors (Lipinski definition) is 4. The van der Waals surface area contributed by atoms with Crippen molar-refractivity contribution in [3.63, 3.8) is 0 Å². The van der Waals surface area contributed by atoms with Gasteiger partial charge in [-0.25, -0.2) is 0 Å². The molecular formula is C14H20N2O3. The molecule has 1 unspecified atom stereocenters. The summed E-state index contributed by atoms with van der Waals surface area (Å²) in [5.74, 6) is 1.55. The Morgan fingerprint density at radius 3 is 2.89 bits per heavy atom. The van der Waals surface area contributed by atoms with E-state index in [1.165, 1.54) is 0 Å². The Morgan fingerprint density at radius 1 is 1.42 bits per heavy atom. The molecule has 0 aliphatic carbocycles. The number of nitrogens with one attached hydrogen (secondary N) is 2. The molecule has 1 fully saturated rings. The van der Waals surface area contributed by atoms with E-state index in [9.17, 15) is 4.79 Å². The minimum Gasteiger partial charge on any atom is -0.497 e. The van der Waals surface area contributed by atoms with E-state index in [1.807, 2.05) is 18.2 Å². The molecule has 5 heteroatoms. The summed E-state index contributed by atoms with van der Waals surface area (Å²) in [5, 5.41) is 6.11. The van der Waals surface area contributed by atoms with Gasteiger partial charge in [-0.15, -0.1) is 0 Å². The lowest BCUT2D eigenvalue weighted by Crippen LogP contribution is -2.40. The number of hydrogen-bond donors (Lipinski definition) is 2. The van der Waals surface area contributed by atoms with Crippen LogP contribution in [0.1, 0.15) is 18.4 Å². The van der Waals surface area contributed by atoms with Gasteiger partial charge in [0.25, 0.3) is 0 Å². The molecule has 1 aliphatic rings. The first-order chi connectivity index (χ1) is 9.24. The van der Waals surface area contributed by atoms with Crippen LogP contribution >= 0.6 is 0 Å². The Labute approximate surface area is 113 Å². The summed E-state index contributed by atoms with van der Waals surface area (Å²) in [6, 6.07) is 5.49. The highest BCUT2D eigenvalue weighted by molar-refractivity contribution is 5.82. The monoisotopic (exact) mass is 264 g/mol. The Kier molecular flexibility index (Phi) is 4.63. The number of carbonyl (C=O) groups is 1. The maximum Gasteiger partial charge on any atom is 0.237 e. The van der Waals surface area contributed by atoms with Crippen molar-refractivity contribution in [2.45, 2.75) is 25.4 Å². The van der Waals surface area contributed by atoms with Gasteiger partial charge in [0.2, 0.25) is 5.91 Å². The topological polar surface area (TPSA) is 59.6 Å². The highest BCUT2D eigenvalue weighted by Crippen LogP contribution is 2.23. The van der Waals surface area contributed by atoms with E-state index in [-0.39, 0.29) is 11.9 Å². The number of rotatable bonds is 5. The van der Waals surface area contributed by atoms with Gasteiger partial charge in [-0.1, -0.05) is 0 Å². The number of benzene rings is 1. The third-order valence-corrected chi connectivity index (χ3v) is 3.32. The number of ether oxygens (including phenoxy) is 2. The van der Waals surface area contributed by atoms with Gasteiger partial charge in [-0.3, -0.25) is 4.79 Å². The first-order valence-corrected chi connectivity index (χ1v) is 6.46. The zero-order chi connectivity index (χ0) is 13.7. The number of methoxy groups -OCH3 is 2. The fourth-order valence-electron chi connectivity index (χ4n) is 2.23. The Bertz CT molecular complexity index is 442. The van der Waals surface area contributed by atoms with Crippen molar-refractivity contribution in [2.24, 2.45) is 0 Å². The minimum atomic E-state index is -0.0587. The molecule has 1 saturated heterocycles. The normalized spacial score (nSPS) is 18.1. The molecule has 0 spiro atoms. The average molecular weight is 264 g/mol. The Morgan fingerprint density at radius 2 is 2.26 bits per heavy atom. The molecule has 1 heterocycles. The summed E-state index contributed by atoms with van der Waals surface area (Å²) in [4.78, 5) is 11.9. The van der Waals surface area contributed by atoms with Crippen LogP contribution in [0.5, 0.6) is 11.5 Å². The molecule has 0 radical (unpaired) electrons. The van der Waals surface area contributed by atoms with E-state index in [2.05, 4.69) is 10.6 Å².